The van der Waals surface area contributed by atoms with Gasteiger partial charge in [-0.1, -0.05) is 287 Å². The number of rotatable bonds is 55. The average molecular weight is 980 g/mol. The van der Waals surface area contributed by atoms with Gasteiger partial charge in [-0.2, -0.15) is 0 Å². The monoisotopic (exact) mass is 979 g/mol. The number of allylic oxidation sites excluding steroid dienone is 10. The van der Waals surface area contributed by atoms with Gasteiger partial charge in [0.05, 0.1) is 0 Å². The van der Waals surface area contributed by atoms with E-state index in [0.717, 1.165) is 89.9 Å². The van der Waals surface area contributed by atoms with Gasteiger partial charge < -0.3 is 14.2 Å². The molecule has 70 heavy (non-hydrogen) atoms. The molecular formula is C64H114O6. The lowest BCUT2D eigenvalue weighted by molar-refractivity contribution is -0.167. The molecule has 0 amide bonds. The van der Waals surface area contributed by atoms with E-state index in [4.69, 9.17) is 14.2 Å². The summed E-state index contributed by atoms with van der Waals surface area (Å²) in [4.78, 5) is 37.9. The van der Waals surface area contributed by atoms with E-state index >= 15 is 0 Å². The van der Waals surface area contributed by atoms with Crippen molar-refractivity contribution in [3.63, 3.8) is 0 Å². The highest BCUT2D eigenvalue weighted by Gasteiger charge is 2.19. The lowest BCUT2D eigenvalue weighted by Crippen LogP contribution is -2.30. The van der Waals surface area contributed by atoms with Crippen LogP contribution in [0.15, 0.2) is 60.8 Å². The molecule has 1 unspecified atom stereocenters. The standard InChI is InChI=1S/C64H114O6/c1-4-7-10-13-16-19-21-22-23-24-25-26-27-28-29-30-31-32-33-34-35-36-37-38-39-40-41-42-44-45-48-51-54-57-63(66)69-60-61(59-68-62(65)56-53-50-47-18-15-12-9-6-3)70-64(67)58-55-52-49-46-43-20-17-14-11-8-5-2/h7,10,16,19,22-23,25-26,28-29,61H,4-6,8-9,11-15,17-18,20-21,24,27,30-60H2,1-3H3/b10-7-,19-16-,23-22-,26-25-,29-28-. The van der Waals surface area contributed by atoms with Crippen LogP contribution in [0.1, 0.15) is 310 Å². The zero-order valence-corrected chi connectivity index (χ0v) is 46.5. The molecule has 0 aromatic rings. The topological polar surface area (TPSA) is 78.9 Å². The summed E-state index contributed by atoms with van der Waals surface area (Å²) in [6.07, 6.45) is 74.0. The zero-order chi connectivity index (χ0) is 50.7. The van der Waals surface area contributed by atoms with E-state index in [0.29, 0.717) is 19.3 Å². The van der Waals surface area contributed by atoms with Crippen molar-refractivity contribution in [2.45, 2.75) is 316 Å². The lowest BCUT2D eigenvalue weighted by Gasteiger charge is -2.18. The first-order valence-electron chi connectivity index (χ1n) is 30.3. The maximum atomic E-state index is 12.8. The SMILES string of the molecule is CC/C=C\C/C=C\C/C=C\C/C=C\C/C=C\CCCCCCCCCCCCCCCCCCCC(=O)OCC(COC(=O)CCCCCCCCCC)OC(=O)CCCCCCCCCCCCC. The molecule has 406 valence electrons. The molecule has 0 rings (SSSR count). The number of carbonyl (C=O) groups is 3. The van der Waals surface area contributed by atoms with Crippen LogP contribution in [0.4, 0.5) is 0 Å². The van der Waals surface area contributed by atoms with Crippen molar-refractivity contribution < 1.29 is 28.6 Å². The Morgan fingerprint density at radius 2 is 0.557 bits per heavy atom. The highest BCUT2D eigenvalue weighted by molar-refractivity contribution is 5.71. The minimum atomic E-state index is -0.765. The van der Waals surface area contributed by atoms with Crippen molar-refractivity contribution in [1.82, 2.24) is 0 Å². The van der Waals surface area contributed by atoms with Crippen molar-refractivity contribution in [3.8, 4) is 0 Å². The largest absolute Gasteiger partial charge is 0.462 e. The minimum absolute atomic E-state index is 0.0680. The summed E-state index contributed by atoms with van der Waals surface area (Å²) in [6, 6.07) is 0. The Morgan fingerprint density at radius 3 is 0.871 bits per heavy atom. The summed E-state index contributed by atoms with van der Waals surface area (Å²) in [5.41, 5.74) is 0. The van der Waals surface area contributed by atoms with Gasteiger partial charge in [0.2, 0.25) is 0 Å². The predicted molar refractivity (Wildman–Crippen MR) is 302 cm³/mol. The number of unbranched alkanes of at least 4 members (excludes halogenated alkanes) is 34. The molecule has 0 aliphatic carbocycles. The minimum Gasteiger partial charge on any atom is -0.462 e. The molecule has 6 heteroatoms. The molecule has 0 aliphatic heterocycles. The third-order valence-corrected chi connectivity index (χ3v) is 13.3. The molecular weight excluding hydrogens is 865 g/mol. The summed E-state index contributed by atoms with van der Waals surface area (Å²) in [6.45, 7) is 6.51. The Balaban J connectivity index is 3.97. The van der Waals surface area contributed by atoms with Gasteiger partial charge in [0.1, 0.15) is 13.2 Å². The highest BCUT2D eigenvalue weighted by Crippen LogP contribution is 2.17. The van der Waals surface area contributed by atoms with Crippen LogP contribution in [0.3, 0.4) is 0 Å². The van der Waals surface area contributed by atoms with Gasteiger partial charge in [0.25, 0.3) is 0 Å². The first-order valence-corrected chi connectivity index (χ1v) is 30.3. The van der Waals surface area contributed by atoms with Gasteiger partial charge in [-0.15, -0.1) is 0 Å². The van der Waals surface area contributed by atoms with Crippen LogP contribution in [-0.2, 0) is 28.6 Å². The van der Waals surface area contributed by atoms with Gasteiger partial charge >= 0.3 is 17.9 Å². The maximum absolute atomic E-state index is 12.8. The van der Waals surface area contributed by atoms with Crippen molar-refractivity contribution in [1.29, 1.82) is 0 Å². The Hall–Kier alpha value is -2.89. The van der Waals surface area contributed by atoms with E-state index in [1.807, 2.05) is 0 Å². The molecule has 0 spiro atoms. The summed E-state index contributed by atoms with van der Waals surface area (Å²) < 4.78 is 16.8. The van der Waals surface area contributed by atoms with Gasteiger partial charge in [0, 0.05) is 19.3 Å². The molecule has 0 aliphatic rings. The molecule has 0 saturated heterocycles. The lowest BCUT2D eigenvalue weighted by atomic mass is 10.0. The second kappa shape index (κ2) is 58.7. The van der Waals surface area contributed by atoms with Gasteiger partial charge in [-0.25, -0.2) is 0 Å². The molecule has 0 bridgehead atoms. The molecule has 1 atom stereocenters. The number of hydrogen-bond donors (Lipinski definition) is 0. The number of ether oxygens (including phenoxy) is 3. The van der Waals surface area contributed by atoms with E-state index in [-0.39, 0.29) is 31.1 Å². The molecule has 0 saturated carbocycles. The molecule has 0 N–H and O–H groups in total. The van der Waals surface area contributed by atoms with Crippen LogP contribution < -0.4 is 0 Å². The number of carbonyl (C=O) groups excluding carboxylic acids is 3. The third-order valence-electron chi connectivity index (χ3n) is 13.3. The quantitative estimate of drug-likeness (QED) is 0.0261. The number of esters is 3. The molecule has 0 aromatic heterocycles. The van der Waals surface area contributed by atoms with Crippen molar-refractivity contribution >= 4 is 17.9 Å². The Labute approximate surface area is 434 Å². The van der Waals surface area contributed by atoms with Crippen molar-refractivity contribution in [2.75, 3.05) is 13.2 Å². The van der Waals surface area contributed by atoms with Gasteiger partial charge in [-0.3, -0.25) is 14.4 Å². The fourth-order valence-electron chi connectivity index (χ4n) is 8.77. The van der Waals surface area contributed by atoms with Crippen LogP contribution >= 0.6 is 0 Å². The predicted octanol–water partition coefficient (Wildman–Crippen LogP) is 20.4. The molecule has 0 aromatic carbocycles. The summed E-state index contributed by atoms with van der Waals surface area (Å²) in [5, 5.41) is 0. The summed E-state index contributed by atoms with van der Waals surface area (Å²) in [5.74, 6) is -0.859. The maximum Gasteiger partial charge on any atom is 0.306 e. The van der Waals surface area contributed by atoms with Crippen molar-refractivity contribution in [2.24, 2.45) is 0 Å². The Bertz CT molecular complexity index is 1260. The van der Waals surface area contributed by atoms with E-state index in [9.17, 15) is 14.4 Å². The van der Waals surface area contributed by atoms with E-state index < -0.39 is 6.10 Å². The second-order valence-corrected chi connectivity index (χ2v) is 20.2. The smallest absolute Gasteiger partial charge is 0.306 e. The van der Waals surface area contributed by atoms with Crippen molar-refractivity contribution in [3.05, 3.63) is 60.8 Å². The van der Waals surface area contributed by atoms with Crippen LogP contribution in [0, 0.1) is 0 Å². The van der Waals surface area contributed by atoms with Gasteiger partial charge in [-0.05, 0) is 64.2 Å². The highest BCUT2D eigenvalue weighted by atomic mass is 16.6. The fraction of sp³-hybridized carbons (Fsp3) is 0.797. The van der Waals surface area contributed by atoms with E-state index in [1.54, 1.807) is 0 Å². The zero-order valence-electron chi connectivity index (χ0n) is 46.5. The molecule has 6 nitrogen and oxygen atoms in total. The van der Waals surface area contributed by atoms with E-state index in [1.165, 1.54) is 180 Å². The Kier molecular flexibility index (Phi) is 56.3. The summed E-state index contributed by atoms with van der Waals surface area (Å²) in [7, 11) is 0. The van der Waals surface area contributed by atoms with Crippen LogP contribution in [0.5, 0.6) is 0 Å². The Morgan fingerprint density at radius 1 is 0.300 bits per heavy atom. The molecule has 0 heterocycles. The van der Waals surface area contributed by atoms with Crippen LogP contribution in [0.25, 0.3) is 0 Å². The normalized spacial score (nSPS) is 12.4. The second-order valence-electron chi connectivity index (χ2n) is 20.2. The average Bonchev–Trinajstić information content (AvgIpc) is 3.36. The van der Waals surface area contributed by atoms with Gasteiger partial charge in [0.15, 0.2) is 6.10 Å². The third kappa shape index (κ3) is 56.0. The van der Waals surface area contributed by atoms with E-state index in [2.05, 4.69) is 81.5 Å². The van der Waals surface area contributed by atoms with Crippen LogP contribution in [0.2, 0.25) is 0 Å². The first-order chi connectivity index (χ1) is 34.5. The fourth-order valence-corrected chi connectivity index (χ4v) is 8.77. The molecule has 0 fully saturated rings. The first kappa shape index (κ1) is 67.1. The summed E-state index contributed by atoms with van der Waals surface area (Å²) >= 11 is 0. The van der Waals surface area contributed by atoms with Crippen LogP contribution in [-0.4, -0.2) is 37.2 Å². The number of hydrogen-bond acceptors (Lipinski definition) is 6. The molecule has 0 radical (unpaired) electrons.